The van der Waals surface area contributed by atoms with E-state index >= 15 is 0 Å². The maximum absolute atomic E-state index is 13.4. The Balaban J connectivity index is 2.03. The first kappa shape index (κ1) is 14.4. The van der Waals surface area contributed by atoms with Crippen LogP contribution in [0.3, 0.4) is 0 Å². The number of piperidine rings is 2. The van der Waals surface area contributed by atoms with Crippen LogP contribution < -0.4 is 0 Å². The number of nitrogens with zero attached hydrogens (tertiary/aromatic N) is 1. The van der Waals surface area contributed by atoms with E-state index < -0.39 is 29.6 Å². The van der Waals surface area contributed by atoms with Gasteiger partial charge in [0.2, 0.25) is 5.91 Å². The Morgan fingerprint density at radius 2 is 1.76 bits per heavy atom. The van der Waals surface area contributed by atoms with Gasteiger partial charge in [0.05, 0.1) is 12.1 Å². The van der Waals surface area contributed by atoms with E-state index in [2.05, 4.69) is 0 Å². The van der Waals surface area contributed by atoms with Gasteiger partial charge in [0, 0.05) is 12.5 Å². The molecule has 2 heterocycles. The lowest BCUT2D eigenvalue weighted by molar-refractivity contribution is -0.148. The molecule has 114 valence electrons. The molecule has 3 rings (SSSR count). The minimum Gasteiger partial charge on any atom is -0.391 e. The molecule has 6 heteroatoms. The van der Waals surface area contributed by atoms with Crippen LogP contribution in [0.1, 0.15) is 43.7 Å². The van der Waals surface area contributed by atoms with Crippen molar-refractivity contribution in [3.8, 4) is 0 Å². The number of aliphatic hydroxyl groups excluding tert-OH is 1. The summed E-state index contributed by atoms with van der Waals surface area (Å²) in [5.41, 5.74) is 0.110. The van der Waals surface area contributed by atoms with Gasteiger partial charge in [0.1, 0.15) is 0 Å². The molecular formula is C15H16F3NO2. The zero-order valence-corrected chi connectivity index (χ0v) is 11.4. The fourth-order valence-electron chi connectivity index (χ4n) is 3.46. The third kappa shape index (κ3) is 2.41. The lowest BCUT2D eigenvalue weighted by Crippen LogP contribution is -2.52. The van der Waals surface area contributed by atoms with Crippen molar-refractivity contribution >= 4 is 5.91 Å². The molecule has 3 atom stereocenters. The number of hydrogen-bond donors (Lipinski definition) is 1. The maximum Gasteiger partial charge on any atom is 0.223 e. The third-order valence-electron chi connectivity index (χ3n) is 4.42. The summed E-state index contributed by atoms with van der Waals surface area (Å²) in [4.78, 5) is 13.7. The van der Waals surface area contributed by atoms with Gasteiger partial charge < -0.3 is 10.0 Å². The van der Waals surface area contributed by atoms with Crippen molar-refractivity contribution in [2.45, 2.75) is 50.3 Å². The second-order valence-electron chi connectivity index (χ2n) is 5.74. The van der Waals surface area contributed by atoms with E-state index in [1.807, 2.05) is 0 Å². The van der Waals surface area contributed by atoms with Gasteiger partial charge in [-0.3, -0.25) is 4.79 Å². The molecule has 1 N–H and O–H groups in total. The molecule has 1 aromatic rings. The fourth-order valence-corrected chi connectivity index (χ4v) is 3.46. The molecule has 0 aromatic heterocycles. The Bertz CT molecular complexity index is 555. The number of carbonyl (C=O) groups excluding carboxylic acids is 1. The normalized spacial score (nSPS) is 29.4. The highest BCUT2D eigenvalue weighted by atomic mass is 19.2. The van der Waals surface area contributed by atoms with Crippen LogP contribution >= 0.6 is 0 Å². The zero-order valence-electron chi connectivity index (χ0n) is 11.4. The molecule has 0 bridgehead atoms. The van der Waals surface area contributed by atoms with Gasteiger partial charge >= 0.3 is 0 Å². The van der Waals surface area contributed by atoms with Gasteiger partial charge in [-0.05, 0) is 43.4 Å². The molecule has 0 radical (unpaired) electrons. The standard InChI is InChI=1S/C15H16F3NO2/c16-10-6-8(7-11(17)14(10)18)15-12(20)5-4-9-2-1-3-13(21)19(9)15/h6-7,9,12,15,20H,1-5H2. The van der Waals surface area contributed by atoms with E-state index in [4.69, 9.17) is 0 Å². The lowest BCUT2D eigenvalue weighted by Gasteiger charge is -2.47. The third-order valence-corrected chi connectivity index (χ3v) is 4.42. The molecule has 1 aromatic carbocycles. The zero-order chi connectivity index (χ0) is 15.1. The Hall–Kier alpha value is -1.56. The number of benzene rings is 1. The van der Waals surface area contributed by atoms with Crippen molar-refractivity contribution in [1.29, 1.82) is 0 Å². The predicted molar refractivity (Wildman–Crippen MR) is 68.8 cm³/mol. The summed E-state index contributed by atoms with van der Waals surface area (Å²) in [6.45, 7) is 0. The van der Waals surface area contributed by atoms with Gasteiger partial charge in [-0.25, -0.2) is 13.2 Å². The van der Waals surface area contributed by atoms with E-state index in [9.17, 15) is 23.1 Å². The molecule has 0 spiro atoms. The average molecular weight is 299 g/mol. The van der Waals surface area contributed by atoms with E-state index in [1.165, 1.54) is 4.90 Å². The summed E-state index contributed by atoms with van der Waals surface area (Å²) in [7, 11) is 0. The van der Waals surface area contributed by atoms with Crippen LogP contribution in [0, 0.1) is 17.5 Å². The van der Waals surface area contributed by atoms with Crippen LogP contribution in [0.15, 0.2) is 12.1 Å². The second kappa shape index (κ2) is 5.33. The minimum absolute atomic E-state index is 0.0178. The van der Waals surface area contributed by atoms with Crippen molar-refractivity contribution in [2.75, 3.05) is 0 Å². The van der Waals surface area contributed by atoms with Gasteiger partial charge in [-0.15, -0.1) is 0 Å². The number of hydrogen-bond acceptors (Lipinski definition) is 2. The van der Waals surface area contributed by atoms with Crippen LogP contribution in [0.5, 0.6) is 0 Å². The predicted octanol–water partition coefficient (Wildman–Crippen LogP) is 2.68. The van der Waals surface area contributed by atoms with E-state index in [0.717, 1.165) is 25.0 Å². The summed E-state index contributed by atoms with van der Waals surface area (Å²) >= 11 is 0. The smallest absolute Gasteiger partial charge is 0.223 e. The quantitative estimate of drug-likeness (QED) is 0.810. The molecule has 2 aliphatic rings. The summed E-state index contributed by atoms with van der Waals surface area (Å²) < 4.78 is 40.0. The number of rotatable bonds is 1. The Labute approximate surface area is 120 Å². The molecule has 2 fully saturated rings. The minimum atomic E-state index is -1.54. The van der Waals surface area contributed by atoms with Gasteiger partial charge in [0.15, 0.2) is 17.5 Å². The van der Waals surface area contributed by atoms with Crippen molar-refractivity contribution in [3.05, 3.63) is 35.1 Å². The second-order valence-corrected chi connectivity index (χ2v) is 5.74. The van der Waals surface area contributed by atoms with E-state index in [0.29, 0.717) is 19.3 Å². The van der Waals surface area contributed by atoms with Crippen LogP contribution in [-0.4, -0.2) is 28.1 Å². The number of carbonyl (C=O) groups is 1. The number of aliphatic hydroxyl groups is 1. The van der Waals surface area contributed by atoms with Crippen molar-refractivity contribution in [1.82, 2.24) is 4.90 Å². The summed E-state index contributed by atoms with van der Waals surface area (Å²) in [5.74, 6) is -4.27. The molecule has 0 aliphatic carbocycles. The van der Waals surface area contributed by atoms with Gasteiger partial charge in [-0.1, -0.05) is 0 Å². The molecule has 2 aliphatic heterocycles. The Kier molecular flexibility index (Phi) is 3.65. The Morgan fingerprint density at radius 1 is 1.10 bits per heavy atom. The number of amides is 1. The van der Waals surface area contributed by atoms with E-state index in [1.54, 1.807) is 0 Å². The summed E-state index contributed by atoms with van der Waals surface area (Å²) in [5, 5.41) is 10.2. The van der Waals surface area contributed by atoms with Crippen LogP contribution in [0.4, 0.5) is 13.2 Å². The first-order valence-electron chi connectivity index (χ1n) is 7.12. The highest BCUT2D eigenvalue weighted by Crippen LogP contribution is 2.39. The van der Waals surface area contributed by atoms with Gasteiger partial charge in [0.25, 0.3) is 0 Å². The molecule has 0 saturated carbocycles. The van der Waals surface area contributed by atoms with Crippen molar-refractivity contribution in [3.63, 3.8) is 0 Å². The monoisotopic (exact) mass is 299 g/mol. The first-order chi connectivity index (χ1) is 9.99. The summed E-state index contributed by atoms with van der Waals surface area (Å²) in [6.07, 6.45) is 2.21. The molecule has 1 amide bonds. The number of halogens is 3. The molecule has 3 nitrogen and oxygen atoms in total. The molecule has 21 heavy (non-hydrogen) atoms. The van der Waals surface area contributed by atoms with Crippen LogP contribution in [0.2, 0.25) is 0 Å². The fraction of sp³-hybridized carbons (Fsp3) is 0.533. The number of fused-ring (bicyclic) bond motifs is 1. The lowest BCUT2D eigenvalue weighted by atomic mass is 9.84. The largest absolute Gasteiger partial charge is 0.391 e. The molecule has 3 unspecified atom stereocenters. The maximum atomic E-state index is 13.4. The Morgan fingerprint density at radius 3 is 2.43 bits per heavy atom. The van der Waals surface area contributed by atoms with E-state index in [-0.39, 0.29) is 17.5 Å². The summed E-state index contributed by atoms with van der Waals surface area (Å²) in [6, 6.07) is 0.921. The average Bonchev–Trinajstić information content (AvgIpc) is 2.45. The SMILES string of the molecule is O=C1CCCC2CCC(O)C(c3cc(F)c(F)c(F)c3)N12. The highest BCUT2D eigenvalue weighted by molar-refractivity contribution is 5.78. The molecular weight excluding hydrogens is 283 g/mol. The van der Waals surface area contributed by atoms with Gasteiger partial charge in [-0.2, -0.15) is 0 Å². The molecule has 2 saturated heterocycles. The van der Waals surface area contributed by atoms with Crippen molar-refractivity contribution < 1.29 is 23.1 Å². The first-order valence-corrected chi connectivity index (χ1v) is 7.12. The van der Waals surface area contributed by atoms with Crippen LogP contribution in [0.25, 0.3) is 0 Å². The highest BCUT2D eigenvalue weighted by Gasteiger charge is 2.42. The van der Waals surface area contributed by atoms with Crippen LogP contribution in [-0.2, 0) is 4.79 Å². The topological polar surface area (TPSA) is 40.5 Å². The van der Waals surface area contributed by atoms with Crippen molar-refractivity contribution in [2.24, 2.45) is 0 Å².